The van der Waals surface area contributed by atoms with Crippen LogP contribution < -0.4 is 5.32 Å². The molecule has 0 aliphatic rings. The lowest BCUT2D eigenvalue weighted by atomic mass is 10.1. The fraction of sp³-hybridized carbons (Fsp3) is 0.312. The van der Waals surface area contributed by atoms with Gasteiger partial charge in [0.2, 0.25) is 5.91 Å². The molecule has 0 saturated carbocycles. The normalized spacial score (nSPS) is 14.2. The second-order valence-corrected chi connectivity index (χ2v) is 9.42. The van der Waals surface area contributed by atoms with Gasteiger partial charge in [-0.2, -0.15) is 0 Å². The van der Waals surface area contributed by atoms with E-state index in [0.29, 0.717) is 9.21 Å². The van der Waals surface area contributed by atoms with Crippen molar-refractivity contribution < 1.29 is 13.2 Å². The van der Waals surface area contributed by atoms with Crippen molar-refractivity contribution in [2.45, 2.75) is 30.9 Å². The van der Waals surface area contributed by atoms with E-state index in [1.807, 2.05) is 37.3 Å². The molecule has 4 nitrogen and oxygen atoms in total. The number of nitrogens with one attached hydrogen (secondary N) is 1. The number of hydrogen-bond donors (Lipinski definition) is 1. The van der Waals surface area contributed by atoms with E-state index in [1.165, 1.54) is 18.3 Å². The third kappa shape index (κ3) is 4.80. The van der Waals surface area contributed by atoms with Crippen molar-refractivity contribution in [2.75, 3.05) is 0 Å². The van der Waals surface area contributed by atoms with Crippen LogP contribution in [-0.2, 0) is 20.4 Å². The van der Waals surface area contributed by atoms with Gasteiger partial charge in [-0.25, -0.2) is 8.42 Å². The monoisotopic (exact) mass is 371 g/mol. The molecule has 0 aliphatic carbocycles. The van der Waals surface area contributed by atoms with Crippen LogP contribution in [0.2, 0.25) is 4.34 Å². The van der Waals surface area contributed by atoms with Gasteiger partial charge in [-0.05, 0) is 31.5 Å². The van der Waals surface area contributed by atoms with Crippen LogP contribution in [0.5, 0.6) is 0 Å². The summed E-state index contributed by atoms with van der Waals surface area (Å²) in [6, 6.07) is 12.5. The summed E-state index contributed by atoms with van der Waals surface area (Å²) in [5, 5.41) is 1.64. The van der Waals surface area contributed by atoms with Gasteiger partial charge in [-0.15, -0.1) is 11.3 Å². The zero-order valence-corrected chi connectivity index (χ0v) is 15.2. The highest BCUT2D eigenvalue weighted by Crippen LogP contribution is 2.24. The molecule has 2 aromatic rings. The summed E-state index contributed by atoms with van der Waals surface area (Å²) in [5.41, 5.74) is 0.926. The summed E-state index contributed by atoms with van der Waals surface area (Å²) < 4.78 is 25.3. The van der Waals surface area contributed by atoms with Gasteiger partial charge in [0.25, 0.3) is 0 Å². The van der Waals surface area contributed by atoms with Crippen LogP contribution in [0.3, 0.4) is 0 Å². The molecule has 0 radical (unpaired) electrons. The van der Waals surface area contributed by atoms with Crippen LogP contribution in [0.15, 0.2) is 42.5 Å². The summed E-state index contributed by atoms with van der Waals surface area (Å²) in [5.74, 6) is -0.678. The number of thiophene rings is 1. The first-order valence-electron chi connectivity index (χ1n) is 7.10. The highest BCUT2D eigenvalue weighted by Gasteiger charge is 2.29. The third-order valence-corrected chi connectivity index (χ3v) is 6.96. The van der Waals surface area contributed by atoms with Gasteiger partial charge in [-0.3, -0.25) is 4.79 Å². The Morgan fingerprint density at radius 2 is 1.83 bits per heavy atom. The van der Waals surface area contributed by atoms with Gasteiger partial charge in [0.05, 0.1) is 16.1 Å². The van der Waals surface area contributed by atoms with Crippen molar-refractivity contribution in [2.24, 2.45) is 0 Å². The molecule has 1 aromatic heterocycles. The van der Waals surface area contributed by atoms with Crippen molar-refractivity contribution in [1.82, 2.24) is 5.32 Å². The minimum Gasteiger partial charge on any atom is -0.348 e. The molecule has 0 fully saturated rings. The highest BCUT2D eigenvalue weighted by molar-refractivity contribution is 7.92. The standard InChI is InChI=1S/C16H18ClNO3S2/c1-11(13-6-4-3-5-7-13)18-16(19)12(2)23(20,21)10-14-8-9-15(17)22-14/h3-9,11-12H,10H2,1-2H3,(H,18,19)/t11-,12-/m0/s1. The summed E-state index contributed by atoms with van der Waals surface area (Å²) in [7, 11) is -3.59. The predicted octanol–water partition coefficient (Wildman–Crippen LogP) is 3.58. The lowest BCUT2D eigenvalue weighted by molar-refractivity contribution is -0.121. The predicted molar refractivity (Wildman–Crippen MR) is 94.4 cm³/mol. The van der Waals surface area contributed by atoms with E-state index in [-0.39, 0.29) is 11.8 Å². The Kier molecular flexibility index (Phi) is 5.84. The molecule has 0 spiro atoms. The largest absolute Gasteiger partial charge is 0.348 e. The van der Waals surface area contributed by atoms with E-state index in [1.54, 1.807) is 12.1 Å². The van der Waals surface area contributed by atoms with Gasteiger partial charge in [0.15, 0.2) is 9.84 Å². The Balaban J connectivity index is 2.03. The molecule has 0 unspecified atom stereocenters. The number of amides is 1. The molecule has 1 aromatic carbocycles. The van der Waals surface area contributed by atoms with E-state index >= 15 is 0 Å². The fourth-order valence-electron chi connectivity index (χ4n) is 2.07. The van der Waals surface area contributed by atoms with Crippen molar-refractivity contribution in [3.8, 4) is 0 Å². The SMILES string of the molecule is C[C@H](NC(=O)[C@H](C)S(=O)(=O)Cc1ccc(Cl)s1)c1ccccc1. The number of sulfone groups is 1. The number of hydrogen-bond acceptors (Lipinski definition) is 4. The Bertz CT molecular complexity index is 772. The first-order chi connectivity index (χ1) is 10.8. The van der Waals surface area contributed by atoms with E-state index < -0.39 is 21.0 Å². The fourth-order valence-corrected chi connectivity index (χ4v) is 4.82. The van der Waals surface area contributed by atoms with Gasteiger partial charge in [0.1, 0.15) is 5.25 Å². The van der Waals surface area contributed by atoms with Crippen LogP contribution >= 0.6 is 22.9 Å². The molecule has 0 aliphatic heterocycles. The first kappa shape index (κ1) is 18.0. The van der Waals surface area contributed by atoms with Gasteiger partial charge in [-0.1, -0.05) is 41.9 Å². The van der Waals surface area contributed by atoms with E-state index in [2.05, 4.69) is 5.32 Å². The quantitative estimate of drug-likeness (QED) is 0.844. The molecular formula is C16H18ClNO3S2. The molecule has 124 valence electrons. The van der Waals surface area contributed by atoms with Crippen LogP contribution in [-0.4, -0.2) is 19.6 Å². The van der Waals surface area contributed by atoms with Crippen LogP contribution in [0.25, 0.3) is 0 Å². The molecule has 1 heterocycles. The molecule has 7 heteroatoms. The summed E-state index contributed by atoms with van der Waals surface area (Å²) in [6.07, 6.45) is 0. The third-order valence-electron chi connectivity index (χ3n) is 3.54. The zero-order chi connectivity index (χ0) is 17.0. The van der Waals surface area contributed by atoms with Gasteiger partial charge >= 0.3 is 0 Å². The molecule has 2 rings (SSSR count). The molecule has 0 saturated heterocycles. The van der Waals surface area contributed by atoms with Crippen molar-refractivity contribution in [1.29, 1.82) is 0 Å². The number of carbonyl (C=O) groups excluding carboxylic acids is 1. The minimum absolute atomic E-state index is 0.182. The summed E-state index contributed by atoms with van der Waals surface area (Å²) in [4.78, 5) is 12.9. The number of carbonyl (C=O) groups is 1. The average molecular weight is 372 g/mol. The van der Waals surface area contributed by atoms with E-state index in [0.717, 1.165) is 5.56 Å². The van der Waals surface area contributed by atoms with Crippen LogP contribution in [0, 0.1) is 0 Å². The number of halogens is 1. The van der Waals surface area contributed by atoms with Crippen molar-refractivity contribution >= 4 is 38.7 Å². The van der Waals surface area contributed by atoms with Crippen molar-refractivity contribution in [3.05, 3.63) is 57.2 Å². The van der Waals surface area contributed by atoms with Crippen molar-refractivity contribution in [3.63, 3.8) is 0 Å². The molecule has 23 heavy (non-hydrogen) atoms. The number of rotatable bonds is 6. The van der Waals surface area contributed by atoms with Crippen LogP contribution in [0.1, 0.15) is 30.3 Å². The molecule has 0 bridgehead atoms. The molecule has 2 atom stereocenters. The maximum Gasteiger partial charge on any atom is 0.238 e. The maximum absolute atomic E-state index is 12.4. The lowest BCUT2D eigenvalue weighted by Gasteiger charge is -2.18. The Morgan fingerprint density at radius 3 is 2.39 bits per heavy atom. The maximum atomic E-state index is 12.4. The molecule has 1 N–H and O–H groups in total. The summed E-state index contributed by atoms with van der Waals surface area (Å²) >= 11 is 7.02. The van der Waals surface area contributed by atoms with Gasteiger partial charge < -0.3 is 5.32 Å². The molecule has 1 amide bonds. The van der Waals surface area contributed by atoms with E-state index in [4.69, 9.17) is 11.6 Å². The smallest absolute Gasteiger partial charge is 0.238 e. The zero-order valence-electron chi connectivity index (χ0n) is 12.8. The van der Waals surface area contributed by atoms with Gasteiger partial charge in [0, 0.05) is 4.88 Å². The second-order valence-electron chi connectivity index (χ2n) is 5.30. The minimum atomic E-state index is -3.59. The van der Waals surface area contributed by atoms with E-state index in [9.17, 15) is 13.2 Å². The average Bonchev–Trinajstić information content (AvgIpc) is 2.91. The summed E-state index contributed by atoms with van der Waals surface area (Å²) in [6.45, 7) is 3.24. The Labute approximate surface area is 145 Å². The number of benzene rings is 1. The Hall–Kier alpha value is -1.37. The highest BCUT2D eigenvalue weighted by atomic mass is 35.5. The lowest BCUT2D eigenvalue weighted by Crippen LogP contribution is -2.39. The van der Waals surface area contributed by atoms with Crippen LogP contribution in [0.4, 0.5) is 0 Å². The second kappa shape index (κ2) is 7.47. The Morgan fingerprint density at radius 1 is 1.17 bits per heavy atom. The first-order valence-corrected chi connectivity index (χ1v) is 10.0. The topological polar surface area (TPSA) is 63.2 Å². The molecular weight excluding hydrogens is 354 g/mol.